The van der Waals surface area contributed by atoms with Gasteiger partial charge in [-0.3, -0.25) is 9.59 Å². The average molecular weight is 366 g/mol. The van der Waals surface area contributed by atoms with Crippen LogP contribution in [0, 0.1) is 2.88 Å². The van der Waals surface area contributed by atoms with Gasteiger partial charge >= 0.3 is 0 Å². The number of carbonyl (C=O) groups is 2. The van der Waals surface area contributed by atoms with Gasteiger partial charge < -0.3 is 10.2 Å². The van der Waals surface area contributed by atoms with Gasteiger partial charge in [0.25, 0.3) is 5.91 Å². The third kappa shape index (κ3) is 3.95. The zero-order valence-corrected chi connectivity index (χ0v) is 13.0. The third-order valence-electron chi connectivity index (χ3n) is 2.40. The molecule has 94 valence electrons. The molecular formula is C11H15IN2O2S. The van der Waals surface area contributed by atoms with Crippen LogP contribution < -0.4 is 5.32 Å². The molecule has 6 heteroatoms. The summed E-state index contributed by atoms with van der Waals surface area (Å²) < 4.78 is 1.05. The quantitative estimate of drug-likeness (QED) is 0.829. The smallest absolute Gasteiger partial charge is 0.252 e. The molecule has 0 radical (unpaired) electrons. The molecule has 0 saturated carbocycles. The molecule has 0 aliphatic heterocycles. The average Bonchev–Trinajstić information content (AvgIpc) is 2.73. The lowest BCUT2D eigenvalue weighted by molar-refractivity contribution is -0.131. The fourth-order valence-electron chi connectivity index (χ4n) is 1.26. The lowest BCUT2D eigenvalue weighted by Crippen LogP contribution is -2.45. The Morgan fingerprint density at radius 3 is 2.71 bits per heavy atom. The van der Waals surface area contributed by atoms with Crippen LogP contribution in [0.4, 0.5) is 0 Å². The summed E-state index contributed by atoms with van der Waals surface area (Å²) >= 11 is 3.67. The van der Waals surface area contributed by atoms with Gasteiger partial charge in [0.05, 0.1) is 8.45 Å². The summed E-state index contributed by atoms with van der Waals surface area (Å²) in [5.74, 6) is -0.278. The minimum atomic E-state index is -0.495. The van der Waals surface area contributed by atoms with Crippen LogP contribution in [-0.4, -0.2) is 36.3 Å². The summed E-state index contributed by atoms with van der Waals surface area (Å²) in [6.07, 6.45) is 0. The Labute approximate surface area is 119 Å². The molecule has 1 atom stereocenters. The largest absolute Gasteiger partial charge is 0.344 e. The van der Waals surface area contributed by atoms with Crippen molar-refractivity contribution in [3.63, 3.8) is 0 Å². The summed E-state index contributed by atoms with van der Waals surface area (Å²) in [6.45, 7) is 4.23. The molecule has 0 fully saturated rings. The van der Waals surface area contributed by atoms with Gasteiger partial charge in [0, 0.05) is 19.0 Å². The van der Waals surface area contributed by atoms with Crippen molar-refractivity contribution in [2.45, 2.75) is 19.9 Å². The van der Waals surface area contributed by atoms with Crippen LogP contribution in [0.15, 0.2) is 11.4 Å². The number of carbonyl (C=O) groups excluding carboxylic acids is 2. The minimum absolute atomic E-state index is 0.0780. The molecule has 4 nitrogen and oxygen atoms in total. The van der Waals surface area contributed by atoms with Crippen LogP contribution in [0.1, 0.15) is 24.2 Å². The van der Waals surface area contributed by atoms with Crippen molar-refractivity contribution < 1.29 is 9.59 Å². The first kappa shape index (κ1) is 14.4. The normalized spacial score (nSPS) is 12.0. The van der Waals surface area contributed by atoms with E-state index in [1.807, 2.05) is 6.92 Å². The third-order valence-corrected chi connectivity index (χ3v) is 4.19. The van der Waals surface area contributed by atoms with E-state index in [9.17, 15) is 9.59 Å². The molecule has 2 amide bonds. The van der Waals surface area contributed by atoms with E-state index in [4.69, 9.17) is 0 Å². The van der Waals surface area contributed by atoms with Crippen molar-refractivity contribution in [2.24, 2.45) is 0 Å². The Morgan fingerprint density at radius 1 is 1.59 bits per heavy atom. The zero-order valence-electron chi connectivity index (χ0n) is 9.99. The van der Waals surface area contributed by atoms with E-state index >= 15 is 0 Å². The van der Waals surface area contributed by atoms with Gasteiger partial charge in [-0.15, -0.1) is 11.3 Å². The van der Waals surface area contributed by atoms with Crippen molar-refractivity contribution >= 4 is 45.7 Å². The Hall–Kier alpha value is -0.630. The van der Waals surface area contributed by atoms with Gasteiger partial charge in [-0.25, -0.2) is 0 Å². The molecule has 0 aliphatic carbocycles. The van der Waals surface area contributed by atoms with Crippen LogP contribution >= 0.6 is 33.9 Å². The Kier molecular flexibility index (Phi) is 5.38. The van der Waals surface area contributed by atoms with Crippen molar-refractivity contribution in [2.75, 3.05) is 13.6 Å². The van der Waals surface area contributed by atoms with Crippen LogP contribution in [0.5, 0.6) is 0 Å². The molecule has 0 spiro atoms. The second-order valence-corrected chi connectivity index (χ2v) is 6.49. The van der Waals surface area contributed by atoms with E-state index in [0.717, 1.165) is 2.88 Å². The van der Waals surface area contributed by atoms with E-state index in [-0.39, 0.29) is 11.8 Å². The SMILES string of the molecule is CCN(C)C(=O)C(C)NC(=O)c1csc(I)c1. The Morgan fingerprint density at radius 2 is 2.24 bits per heavy atom. The number of nitrogens with zero attached hydrogens (tertiary/aromatic N) is 1. The van der Waals surface area contributed by atoms with Gasteiger partial charge in [-0.1, -0.05) is 0 Å². The van der Waals surface area contributed by atoms with E-state index in [1.165, 1.54) is 11.3 Å². The number of rotatable bonds is 4. The molecule has 0 aliphatic rings. The highest BCUT2D eigenvalue weighted by molar-refractivity contribution is 14.1. The van der Waals surface area contributed by atoms with Gasteiger partial charge in [-0.05, 0) is 42.5 Å². The first-order valence-corrected chi connectivity index (χ1v) is 7.21. The second kappa shape index (κ2) is 6.34. The van der Waals surface area contributed by atoms with E-state index in [0.29, 0.717) is 12.1 Å². The van der Waals surface area contributed by atoms with E-state index in [2.05, 4.69) is 27.9 Å². The Balaban J connectivity index is 2.60. The fraction of sp³-hybridized carbons (Fsp3) is 0.455. The molecule has 1 aromatic rings. The van der Waals surface area contributed by atoms with Crippen molar-refractivity contribution in [1.29, 1.82) is 0 Å². The van der Waals surface area contributed by atoms with Crippen molar-refractivity contribution in [1.82, 2.24) is 10.2 Å². The van der Waals surface area contributed by atoms with Gasteiger partial charge in [0.15, 0.2) is 0 Å². The number of likely N-dealkylation sites (N-methyl/N-ethyl adjacent to an activating group) is 1. The molecule has 17 heavy (non-hydrogen) atoms. The van der Waals surface area contributed by atoms with Crippen LogP contribution in [0.3, 0.4) is 0 Å². The van der Waals surface area contributed by atoms with Crippen molar-refractivity contribution in [3.05, 3.63) is 19.9 Å². The molecule has 0 bridgehead atoms. The maximum atomic E-state index is 11.8. The van der Waals surface area contributed by atoms with Crippen molar-refractivity contribution in [3.8, 4) is 0 Å². The zero-order chi connectivity index (χ0) is 13.0. The Bertz CT molecular complexity index is 419. The number of thiophene rings is 1. The van der Waals surface area contributed by atoms with Crippen LogP contribution in [-0.2, 0) is 4.79 Å². The van der Waals surface area contributed by atoms with Gasteiger partial charge in [0.1, 0.15) is 6.04 Å². The molecule has 1 aromatic heterocycles. The first-order valence-electron chi connectivity index (χ1n) is 5.25. The fourth-order valence-corrected chi connectivity index (χ4v) is 2.58. The van der Waals surface area contributed by atoms with Gasteiger partial charge in [0.2, 0.25) is 5.91 Å². The first-order chi connectivity index (χ1) is 7.95. The second-order valence-electron chi connectivity index (χ2n) is 3.69. The molecule has 1 rings (SSSR count). The molecule has 1 N–H and O–H groups in total. The lowest BCUT2D eigenvalue weighted by Gasteiger charge is -2.20. The summed E-state index contributed by atoms with van der Waals surface area (Å²) in [4.78, 5) is 25.1. The minimum Gasteiger partial charge on any atom is -0.344 e. The van der Waals surface area contributed by atoms with Crippen LogP contribution in [0.25, 0.3) is 0 Å². The van der Waals surface area contributed by atoms with Crippen LogP contribution in [0.2, 0.25) is 0 Å². The summed E-state index contributed by atoms with van der Waals surface area (Å²) in [5.41, 5.74) is 0.609. The summed E-state index contributed by atoms with van der Waals surface area (Å²) in [7, 11) is 1.72. The standard InChI is InChI=1S/C11H15IN2O2S/c1-4-14(3)11(16)7(2)13-10(15)8-5-9(12)17-6-8/h5-7H,4H2,1-3H3,(H,13,15). The number of nitrogens with one attached hydrogen (secondary N) is 1. The van der Waals surface area contributed by atoms with E-state index < -0.39 is 6.04 Å². The topological polar surface area (TPSA) is 49.4 Å². The predicted molar refractivity (Wildman–Crippen MR) is 77.3 cm³/mol. The number of amides is 2. The number of halogens is 1. The lowest BCUT2D eigenvalue weighted by atomic mass is 10.2. The molecule has 0 saturated heterocycles. The molecule has 1 heterocycles. The highest BCUT2D eigenvalue weighted by Gasteiger charge is 2.19. The maximum Gasteiger partial charge on any atom is 0.252 e. The molecule has 1 unspecified atom stereocenters. The summed E-state index contributed by atoms with van der Waals surface area (Å²) in [6, 6.07) is 1.31. The highest BCUT2D eigenvalue weighted by atomic mass is 127. The predicted octanol–water partition coefficient (Wildman–Crippen LogP) is 1.95. The highest BCUT2D eigenvalue weighted by Crippen LogP contribution is 2.16. The van der Waals surface area contributed by atoms with Gasteiger partial charge in [-0.2, -0.15) is 0 Å². The maximum absolute atomic E-state index is 11.8. The molecular weight excluding hydrogens is 351 g/mol. The molecule has 0 aromatic carbocycles. The monoisotopic (exact) mass is 366 g/mol. The number of hydrogen-bond donors (Lipinski definition) is 1. The number of hydrogen-bond acceptors (Lipinski definition) is 3. The summed E-state index contributed by atoms with van der Waals surface area (Å²) in [5, 5.41) is 4.49. The van der Waals surface area contributed by atoms with E-state index in [1.54, 1.807) is 30.3 Å².